The van der Waals surface area contributed by atoms with E-state index in [1.54, 1.807) is 0 Å². The van der Waals surface area contributed by atoms with Crippen molar-refractivity contribution in [1.29, 1.82) is 0 Å². The molecule has 1 heterocycles. The van der Waals surface area contributed by atoms with Gasteiger partial charge in [-0.15, -0.1) is 0 Å². The number of rotatable bonds is 6. The van der Waals surface area contributed by atoms with Gasteiger partial charge in [0.25, 0.3) is 0 Å². The molecule has 0 fully saturated rings. The first-order chi connectivity index (χ1) is 9.69. The molecular weight excluding hydrogens is 272 g/mol. The first kappa shape index (κ1) is 14.8. The lowest BCUT2D eigenvalue weighted by atomic mass is 10.2. The second kappa shape index (κ2) is 7.27. The molecule has 4 heteroatoms. The summed E-state index contributed by atoms with van der Waals surface area (Å²) in [5.74, 6) is 0.825. The Morgan fingerprint density at radius 1 is 1.15 bits per heavy atom. The van der Waals surface area contributed by atoms with Gasteiger partial charge in [0.15, 0.2) is 0 Å². The summed E-state index contributed by atoms with van der Waals surface area (Å²) in [6, 6.07) is 11.6. The van der Waals surface area contributed by atoms with Crippen molar-refractivity contribution in [2.45, 2.75) is 27.0 Å². The van der Waals surface area contributed by atoms with Crippen molar-refractivity contribution < 1.29 is 4.74 Å². The molecule has 106 valence electrons. The molecular formula is C16H19ClN2O. The zero-order valence-electron chi connectivity index (χ0n) is 11.8. The highest BCUT2D eigenvalue weighted by Gasteiger charge is 2.06. The molecule has 0 saturated heterocycles. The standard InChI is InChI=1S/C16H19ClN2O/c1-3-18-10-15-16(9-4-12(2)19-15)20-11-13-5-7-14(17)8-6-13/h4-9,18H,3,10-11H2,1-2H3. The van der Waals surface area contributed by atoms with Gasteiger partial charge in [-0.3, -0.25) is 4.98 Å². The van der Waals surface area contributed by atoms with Crippen LogP contribution in [0.2, 0.25) is 5.02 Å². The van der Waals surface area contributed by atoms with Gasteiger partial charge in [-0.2, -0.15) is 0 Å². The molecule has 1 N–H and O–H groups in total. The maximum absolute atomic E-state index is 5.87. The minimum Gasteiger partial charge on any atom is -0.487 e. The number of nitrogens with zero attached hydrogens (tertiary/aromatic N) is 1. The van der Waals surface area contributed by atoms with Crippen LogP contribution in [0.15, 0.2) is 36.4 Å². The van der Waals surface area contributed by atoms with Crippen molar-refractivity contribution in [1.82, 2.24) is 10.3 Å². The predicted molar refractivity (Wildman–Crippen MR) is 82.1 cm³/mol. The van der Waals surface area contributed by atoms with E-state index in [0.717, 1.165) is 34.3 Å². The summed E-state index contributed by atoms with van der Waals surface area (Å²) in [5, 5.41) is 4.01. The van der Waals surface area contributed by atoms with Crippen LogP contribution < -0.4 is 10.1 Å². The topological polar surface area (TPSA) is 34.2 Å². The molecule has 0 atom stereocenters. The van der Waals surface area contributed by atoms with Crippen LogP contribution in [-0.2, 0) is 13.2 Å². The van der Waals surface area contributed by atoms with Gasteiger partial charge in [0, 0.05) is 17.3 Å². The third kappa shape index (κ3) is 4.22. The summed E-state index contributed by atoms with van der Waals surface area (Å²) < 4.78 is 5.87. The van der Waals surface area contributed by atoms with Crippen molar-refractivity contribution in [3.8, 4) is 5.75 Å². The maximum atomic E-state index is 5.87. The molecule has 1 aromatic heterocycles. The van der Waals surface area contributed by atoms with Crippen LogP contribution in [0, 0.1) is 6.92 Å². The molecule has 3 nitrogen and oxygen atoms in total. The molecule has 0 radical (unpaired) electrons. The van der Waals surface area contributed by atoms with Crippen molar-refractivity contribution >= 4 is 11.6 Å². The lowest BCUT2D eigenvalue weighted by Gasteiger charge is -2.12. The minimum absolute atomic E-state index is 0.515. The van der Waals surface area contributed by atoms with Crippen LogP contribution in [0.25, 0.3) is 0 Å². The van der Waals surface area contributed by atoms with E-state index in [1.165, 1.54) is 0 Å². The summed E-state index contributed by atoms with van der Waals surface area (Å²) in [7, 11) is 0. The highest BCUT2D eigenvalue weighted by Crippen LogP contribution is 2.19. The molecule has 20 heavy (non-hydrogen) atoms. The van der Waals surface area contributed by atoms with Crippen LogP contribution in [0.1, 0.15) is 23.9 Å². The van der Waals surface area contributed by atoms with Gasteiger partial charge in [-0.25, -0.2) is 0 Å². The Bertz CT molecular complexity index is 555. The molecule has 2 aromatic rings. The van der Waals surface area contributed by atoms with Gasteiger partial charge in [-0.1, -0.05) is 30.7 Å². The molecule has 2 rings (SSSR count). The van der Waals surface area contributed by atoms with E-state index in [2.05, 4.69) is 17.2 Å². The van der Waals surface area contributed by atoms with E-state index in [1.807, 2.05) is 43.3 Å². The Hall–Kier alpha value is -1.58. The molecule has 1 aromatic carbocycles. The number of halogens is 1. The number of benzene rings is 1. The third-order valence-electron chi connectivity index (χ3n) is 2.92. The zero-order valence-corrected chi connectivity index (χ0v) is 12.6. The normalized spacial score (nSPS) is 10.6. The number of nitrogens with one attached hydrogen (secondary N) is 1. The first-order valence-electron chi connectivity index (χ1n) is 6.73. The molecule has 0 aliphatic heterocycles. The summed E-state index contributed by atoms with van der Waals surface area (Å²) in [5.41, 5.74) is 3.03. The molecule has 0 bridgehead atoms. The fourth-order valence-corrected chi connectivity index (χ4v) is 1.97. The van der Waals surface area contributed by atoms with Gasteiger partial charge in [0.1, 0.15) is 12.4 Å². The van der Waals surface area contributed by atoms with Gasteiger partial charge < -0.3 is 10.1 Å². The van der Waals surface area contributed by atoms with E-state index >= 15 is 0 Å². The van der Waals surface area contributed by atoms with Gasteiger partial charge in [0.05, 0.1) is 5.69 Å². The molecule has 0 saturated carbocycles. The maximum Gasteiger partial charge on any atom is 0.142 e. The second-order valence-electron chi connectivity index (χ2n) is 4.59. The average Bonchev–Trinajstić information content (AvgIpc) is 2.46. The highest BCUT2D eigenvalue weighted by molar-refractivity contribution is 6.30. The van der Waals surface area contributed by atoms with E-state index in [-0.39, 0.29) is 0 Å². The smallest absolute Gasteiger partial charge is 0.142 e. The van der Waals surface area contributed by atoms with Gasteiger partial charge >= 0.3 is 0 Å². The Morgan fingerprint density at radius 3 is 2.60 bits per heavy atom. The Balaban J connectivity index is 2.06. The summed E-state index contributed by atoms with van der Waals surface area (Å²) in [6.45, 7) is 6.20. The van der Waals surface area contributed by atoms with E-state index in [9.17, 15) is 0 Å². The lowest BCUT2D eigenvalue weighted by molar-refractivity contribution is 0.300. The summed E-state index contributed by atoms with van der Waals surface area (Å²) in [4.78, 5) is 4.53. The lowest BCUT2D eigenvalue weighted by Crippen LogP contribution is -2.14. The molecule has 0 amide bonds. The van der Waals surface area contributed by atoms with E-state index < -0.39 is 0 Å². The first-order valence-corrected chi connectivity index (χ1v) is 7.11. The highest BCUT2D eigenvalue weighted by atomic mass is 35.5. The molecule has 0 aliphatic carbocycles. The number of ether oxygens (including phenoxy) is 1. The number of aromatic nitrogens is 1. The number of hydrogen-bond acceptors (Lipinski definition) is 3. The van der Waals surface area contributed by atoms with Gasteiger partial charge in [-0.05, 0) is 43.3 Å². The van der Waals surface area contributed by atoms with Crippen molar-refractivity contribution in [3.63, 3.8) is 0 Å². The monoisotopic (exact) mass is 290 g/mol. The van der Waals surface area contributed by atoms with Crippen molar-refractivity contribution in [2.24, 2.45) is 0 Å². The van der Waals surface area contributed by atoms with Crippen molar-refractivity contribution in [3.05, 3.63) is 58.4 Å². The van der Waals surface area contributed by atoms with Crippen LogP contribution in [0.3, 0.4) is 0 Å². The molecule has 0 spiro atoms. The van der Waals surface area contributed by atoms with Gasteiger partial charge in [0.2, 0.25) is 0 Å². The van der Waals surface area contributed by atoms with E-state index in [0.29, 0.717) is 13.2 Å². The number of hydrogen-bond donors (Lipinski definition) is 1. The second-order valence-corrected chi connectivity index (χ2v) is 5.03. The zero-order chi connectivity index (χ0) is 14.4. The van der Waals surface area contributed by atoms with Crippen LogP contribution in [-0.4, -0.2) is 11.5 Å². The van der Waals surface area contributed by atoms with Crippen LogP contribution >= 0.6 is 11.6 Å². The minimum atomic E-state index is 0.515. The van der Waals surface area contributed by atoms with Crippen molar-refractivity contribution in [2.75, 3.05) is 6.54 Å². The Kier molecular flexibility index (Phi) is 5.39. The summed E-state index contributed by atoms with van der Waals surface area (Å²) >= 11 is 5.87. The Labute approximate surface area is 124 Å². The molecule has 0 unspecified atom stereocenters. The fourth-order valence-electron chi connectivity index (χ4n) is 1.84. The van der Waals surface area contributed by atoms with E-state index in [4.69, 9.17) is 16.3 Å². The fraction of sp³-hybridized carbons (Fsp3) is 0.312. The quantitative estimate of drug-likeness (QED) is 0.880. The largest absolute Gasteiger partial charge is 0.487 e. The summed E-state index contributed by atoms with van der Waals surface area (Å²) in [6.07, 6.45) is 0. The predicted octanol–water partition coefficient (Wildman–Crippen LogP) is 3.73. The molecule has 0 aliphatic rings. The third-order valence-corrected chi connectivity index (χ3v) is 3.17. The van der Waals surface area contributed by atoms with Crippen LogP contribution in [0.4, 0.5) is 0 Å². The number of pyridine rings is 1. The SMILES string of the molecule is CCNCc1nc(C)ccc1OCc1ccc(Cl)cc1. The number of aryl methyl sites for hydroxylation is 1. The van der Waals surface area contributed by atoms with Crippen LogP contribution in [0.5, 0.6) is 5.75 Å². The Morgan fingerprint density at radius 2 is 1.90 bits per heavy atom. The average molecular weight is 291 g/mol.